The van der Waals surface area contributed by atoms with Gasteiger partial charge in [-0.2, -0.15) is 0 Å². The fourth-order valence-corrected chi connectivity index (χ4v) is 3.51. The third-order valence-electron chi connectivity index (χ3n) is 2.54. The van der Waals surface area contributed by atoms with E-state index < -0.39 is 38.1 Å². The summed E-state index contributed by atoms with van der Waals surface area (Å²) < 4.78 is 49.2. The average Bonchev–Trinajstić information content (AvgIpc) is 2.17. The zero-order valence-corrected chi connectivity index (χ0v) is 9.14. The number of fused-ring (bicyclic) bond motifs is 1. The summed E-state index contributed by atoms with van der Waals surface area (Å²) >= 11 is 0. The Hall–Kier alpha value is -1.30. The first kappa shape index (κ1) is 11.2. The Balaban J connectivity index is 2.80. The molecule has 1 aliphatic rings. The van der Waals surface area contributed by atoms with E-state index in [9.17, 15) is 22.0 Å². The molecule has 2 rings (SSSR count). The van der Waals surface area contributed by atoms with Gasteiger partial charge >= 0.3 is 0 Å². The molecule has 0 saturated carbocycles. The van der Waals surface area contributed by atoms with Crippen LogP contribution in [-0.2, 0) is 9.84 Å². The molecule has 1 atom stereocenters. The number of carbonyl (C=O) groups is 1. The van der Waals surface area contributed by atoms with Crippen molar-refractivity contribution in [2.45, 2.75) is 11.8 Å². The van der Waals surface area contributed by atoms with Crippen LogP contribution in [0.1, 0.15) is 17.3 Å². The van der Waals surface area contributed by atoms with Gasteiger partial charge in [-0.15, -0.1) is 0 Å². The van der Waals surface area contributed by atoms with E-state index in [1.807, 2.05) is 0 Å². The Morgan fingerprint density at radius 3 is 2.44 bits per heavy atom. The first-order valence-electron chi connectivity index (χ1n) is 4.59. The van der Waals surface area contributed by atoms with E-state index in [2.05, 4.69) is 0 Å². The summed E-state index contributed by atoms with van der Waals surface area (Å²) in [7, 11) is -3.69. The second kappa shape index (κ2) is 3.35. The Kier molecular flexibility index (Phi) is 2.34. The van der Waals surface area contributed by atoms with Gasteiger partial charge in [0.25, 0.3) is 0 Å². The van der Waals surface area contributed by atoms with Crippen LogP contribution in [0.2, 0.25) is 0 Å². The van der Waals surface area contributed by atoms with Gasteiger partial charge < -0.3 is 0 Å². The molecule has 1 heterocycles. The van der Waals surface area contributed by atoms with Crippen LogP contribution in [0.15, 0.2) is 17.0 Å². The van der Waals surface area contributed by atoms with Crippen molar-refractivity contribution >= 4 is 15.6 Å². The minimum absolute atomic E-state index is 0.252. The summed E-state index contributed by atoms with van der Waals surface area (Å²) in [4.78, 5) is 11.2. The molecule has 1 aliphatic heterocycles. The molecule has 0 N–H and O–H groups in total. The van der Waals surface area contributed by atoms with Crippen molar-refractivity contribution in [1.82, 2.24) is 0 Å². The van der Waals surface area contributed by atoms with Crippen molar-refractivity contribution in [2.75, 3.05) is 5.75 Å². The van der Waals surface area contributed by atoms with Crippen LogP contribution in [0, 0.1) is 17.6 Å². The molecule has 1 aromatic rings. The van der Waals surface area contributed by atoms with Crippen molar-refractivity contribution in [3.05, 3.63) is 29.3 Å². The normalized spacial score (nSPS) is 22.9. The van der Waals surface area contributed by atoms with Gasteiger partial charge in [0.2, 0.25) is 0 Å². The van der Waals surface area contributed by atoms with Crippen LogP contribution in [0.4, 0.5) is 8.78 Å². The van der Waals surface area contributed by atoms with Gasteiger partial charge in [-0.25, -0.2) is 17.2 Å². The highest BCUT2D eigenvalue weighted by atomic mass is 32.2. The number of hydrogen-bond acceptors (Lipinski definition) is 3. The summed E-state index contributed by atoms with van der Waals surface area (Å²) in [5.74, 6) is -4.02. The van der Waals surface area contributed by atoms with Crippen LogP contribution in [0.3, 0.4) is 0 Å². The lowest BCUT2D eigenvalue weighted by atomic mass is 10.0. The molecule has 16 heavy (non-hydrogen) atoms. The molecular formula is C10H8F2O3S. The first-order chi connectivity index (χ1) is 7.33. The van der Waals surface area contributed by atoms with Gasteiger partial charge in [-0.05, 0) is 12.1 Å². The number of benzene rings is 1. The van der Waals surface area contributed by atoms with Crippen molar-refractivity contribution < 1.29 is 22.0 Å². The van der Waals surface area contributed by atoms with E-state index in [-0.39, 0.29) is 11.3 Å². The predicted molar refractivity (Wildman–Crippen MR) is 51.9 cm³/mol. The number of ketones is 1. The number of carbonyl (C=O) groups excluding carboxylic acids is 1. The molecule has 0 bridgehead atoms. The zero-order chi connectivity index (χ0) is 12.1. The number of halogens is 2. The van der Waals surface area contributed by atoms with E-state index in [0.717, 1.165) is 0 Å². The molecule has 0 amide bonds. The van der Waals surface area contributed by atoms with Gasteiger partial charge in [0.05, 0.1) is 10.6 Å². The average molecular weight is 246 g/mol. The summed E-state index contributed by atoms with van der Waals surface area (Å²) in [6.45, 7) is 1.45. The number of hydrogen-bond donors (Lipinski definition) is 0. The molecule has 0 radical (unpaired) electrons. The molecule has 0 fully saturated rings. The van der Waals surface area contributed by atoms with E-state index in [1.54, 1.807) is 0 Å². The van der Waals surface area contributed by atoms with Crippen LogP contribution in [0.25, 0.3) is 0 Å². The highest BCUT2D eigenvalue weighted by molar-refractivity contribution is 7.91. The largest absolute Gasteiger partial charge is 0.294 e. The van der Waals surface area contributed by atoms with Gasteiger partial charge in [0, 0.05) is 11.5 Å². The van der Waals surface area contributed by atoms with E-state index >= 15 is 0 Å². The molecule has 1 aromatic carbocycles. The number of Topliss-reactive ketones (excluding diaryl/α,β-unsaturated/α-hetero) is 1. The topological polar surface area (TPSA) is 51.2 Å². The molecule has 0 aliphatic carbocycles. The Labute approximate surface area is 91.0 Å². The maximum Gasteiger partial charge on any atom is 0.179 e. The first-order valence-corrected chi connectivity index (χ1v) is 6.24. The minimum Gasteiger partial charge on any atom is -0.294 e. The van der Waals surface area contributed by atoms with Crippen LogP contribution < -0.4 is 0 Å². The van der Waals surface area contributed by atoms with Crippen molar-refractivity contribution in [1.29, 1.82) is 0 Å². The Morgan fingerprint density at radius 2 is 1.81 bits per heavy atom. The summed E-state index contributed by atoms with van der Waals surface area (Å²) in [5, 5.41) is 0. The van der Waals surface area contributed by atoms with Gasteiger partial charge in [0.1, 0.15) is 0 Å². The molecule has 0 aromatic heterocycles. The Morgan fingerprint density at radius 1 is 1.25 bits per heavy atom. The quantitative estimate of drug-likeness (QED) is 0.653. The predicted octanol–water partition coefficient (Wildman–Crippen LogP) is 1.57. The minimum atomic E-state index is -3.69. The lowest BCUT2D eigenvalue weighted by molar-refractivity contribution is 0.0933. The molecule has 6 heteroatoms. The Bertz CT molecular complexity index is 578. The molecule has 0 spiro atoms. The lowest BCUT2D eigenvalue weighted by Crippen LogP contribution is -2.29. The maximum absolute atomic E-state index is 12.9. The third kappa shape index (κ3) is 1.53. The highest BCUT2D eigenvalue weighted by Crippen LogP contribution is 2.29. The third-order valence-corrected chi connectivity index (χ3v) is 4.49. The smallest absolute Gasteiger partial charge is 0.179 e. The van der Waals surface area contributed by atoms with E-state index in [0.29, 0.717) is 12.1 Å². The van der Waals surface area contributed by atoms with Crippen molar-refractivity contribution in [3.63, 3.8) is 0 Å². The second-order valence-corrected chi connectivity index (χ2v) is 5.81. The molecule has 3 nitrogen and oxygen atoms in total. The standard InChI is InChI=1S/C10H8F2O3S/c1-5-4-16(14,15)9-3-8(12)7(11)2-6(9)10(5)13/h2-3,5H,4H2,1H3. The van der Waals surface area contributed by atoms with Gasteiger partial charge in [-0.1, -0.05) is 6.92 Å². The van der Waals surface area contributed by atoms with E-state index in [1.165, 1.54) is 6.92 Å². The van der Waals surface area contributed by atoms with Gasteiger partial charge in [0.15, 0.2) is 27.3 Å². The molecule has 1 unspecified atom stereocenters. The van der Waals surface area contributed by atoms with Gasteiger partial charge in [-0.3, -0.25) is 4.79 Å². The molecular weight excluding hydrogens is 238 g/mol. The SMILES string of the molecule is CC1CS(=O)(=O)c2cc(F)c(F)cc2C1=O. The fraction of sp³-hybridized carbons (Fsp3) is 0.300. The second-order valence-electron chi connectivity index (χ2n) is 3.81. The lowest BCUT2D eigenvalue weighted by Gasteiger charge is -2.20. The number of rotatable bonds is 0. The summed E-state index contributed by atoms with van der Waals surface area (Å²) in [6, 6.07) is 1.23. The molecule has 0 saturated heterocycles. The monoisotopic (exact) mass is 246 g/mol. The van der Waals surface area contributed by atoms with Crippen LogP contribution in [0.5, 0.6) is 0 Å². The highest BCUT2D eigenvalue weighted by Gasteiger charge is 2.35. The fourth-order valence-electron chi connectivity index (χ4n) is 1.74. The summed E-state index contributed by atoms with van der Waals surface area (Å²) in [5.41, 5.74) is -0.252. The zero-order valence-electron chi connectivity index (χ0n) is 8.33. The van der Waals surface area contributed by atoms with Crippen molar-refractivity contribution in [3.8, 4) is 0 Å². The molecule has 86 valence electrons. The van der Waals surface area contributed by atoms with Crippen LogP contribution in [-0.4, -0.2) is 20.0 Å². The number of sulfone groups is 1. The van der Waals surface area contributed by atoms with Crippen molar-refractivity contribution in [2.24, 2.45) is 5.92 Å². The maximum atomic E-state index is 12.9. The van der Waals surface area contributed by atoms with E-state index in [4.69, 9.17) is 0 Å². The van der Waals surface area contributed by atoms with Crippen LogP contribution >= 0.6 is 0 Å². The summed E-state index contributed by atoms with van der Waals surface area (Å²) in [6.07, 6.45) is 0.